The minimum atomic E-state index is 0.466. The van der Waals surface area contributed by atoms with E-state index in [1.54, 1.807) is 0 Å². The summed E-state index contributed by atoms with van der Waals surface area (Å²) in [6.45, 7) is 0.466. The molecule has 6 rings (SSSR count). The molecule has 34 heavy (non-hydrogen) atoms. The highest BCUT2D eigenvalue weighted by molar-refractivity contribution is 6.31. The first-order chi connectivity index (χ1) is 16.7. The van der Waals surface area contributed by atoms with Gasteiger partial charge in [-0.25, -0.2) is 10.1 Å². The number of fused-ring (bicyclic) bond motifs is 2. The number of ether oxygens (including phenoxy) is 1. The number of halogens is 1. The zero-order valence-corrected chi connectivity index (χ0v) is 18.7. The molecule has 3 aromatic heterocycles. The lowest BCUT2D eigenvalue weighted by atomic mass is 10.1. The standard InChI is InChI=1S/C26H18ClN5O2/c27-20-7-5-18-6-9-22(28-23(18)14-20)25-13-19-12-21(8-10-24(19)34-25)33-15-17-3-1-16(2-4-17)11-26-29-31-32-30-26/h1-10,12-14H,11,15H2,(H,29,30,31,32). The van der Waals surface area contributed by atoms with Crippen LogP contribution in [0, 0.1) is 0 Å². The van der Waals surface area contributed by atoms with E-state index in [2.05, 4.69) is 32.8 Å². The molecule has 0 fully saturated rings. The van der Waals surface area contributed by atoms with Gasteiger partial charge in [-0.3, -0.25) is 0 Å². The molecule has 3 heterocycles. The highest BCUT2D eigenvalue weighted by Gasteiger charge is 2.10. The van der Waals surface area contributed by atoms with E-state index < -0.39 is 0 Å². The summed E-state index contributed by atoms with van der Waals surface area (Å²) in [5.74, 6) is 2.21. The fourth-order valence-electron chi connectivity index (χ4n) is 3.83. The molecule has 0 aliphatic rings. The van der Waals surface area contributed by atoms with Gasteiger partial charge in [-0.1, -0.05) is 48.0 Å². The molecule has 8 heteroatoms. The summed E-state index contributed by atoms with van der Waals surface area (Å²) in [4.78, 5) is 4.71. The van der Waals surface area contributed by atoms with Gasteiger partial charge in [0.2, 0.25) is 0 Å². The van der Waals surface area contributed by atoms with Gasteiger partial charge in [0.15, 0.2) is 11.6 Å². The topological polar surface area (TPSA) is 89.7 Å². The minimum absolute atomic E-state index is 0.466. The number of H-pyrrole nitrogens is 1. The van der Waals surface area contributed by atoms with Crippen LogP contribution in [-0.4, -0.2) is 25.6 Å². The number of tetrazole rings is 1. The van der Waals surface area contributed by atoms with Gasteiger partial charge in [-0.05, 0) is 64.0 Å². The molecule has 1 N–H and O–H groups in total. The maximum Gasteiger partial charge on any atom is 0.153 e. The number of hydrogen-bond acceptors (Lipinski definition) is 6. The van der Waals surface area contributed by atoms with Crippen molar-refractivity contribution in [1.29, 1.82) is 0 Å². The average Bonchev–Trinajstić information content (AvgIpc) is 3.52. The van der Waals surface area contributed by atoms with Gasteiger partial charge >= 0.3 is 0 Å². The number of nitrogens with one attached hydrogen (secondary N) is 1. The summed E-state index contributed by atoms with van der Waals surface area (Å²) in [6, 6.07) is 25.6. The summed E-state index contributed by atoms with van der Waals surface area (Å²) < 4.78 is 12.1. The number of furan rings is 1. The maximum atomic E-state index is 6.12. The average molecular weight is 468 g/mol. The predicted molar refractivity (Wildman–Crippen MR) is 130 cm³/mol. The van der Waals surface area contributed by atoms with Crippen LogP contribution >= 0.6 is 11.6 Å². The lowest BCUT2D eigenvalue weighted by molar-refractivity contribution is 0.306. The second-order valence-corrected chi connectivity index (χ2v) is 8.41. The summed E-state index contributed by atoms with van der Waals surface area (Å²) in [5.41, 5.74) is 4.57. The third kappa shape index (κ3) is 4.21. The van der Waals surface area contributed by atoms with Gasteiger partial charge in [-0.2, -0.15) is 0 Å². The van der Waals surface area contributed by atoms with Crippen LogP contribution in [0.15, 0.2) is 83.3 Å². The summed E-state index contributed by atoms with van der Waals surface area (Å²) in [6.07, 6.45) is 0.659. The third-order valence-electron chi connectivity index (χ3n) is 5.58. The molecule has 0 aliphatic heterocycles. The van der Waals surface area contributed by atoms with Crippen molar-refractivity contribution in [3.05, 3.63) is 101 Å². The smallest absolute Gasteiger partial charge is 0.153 e. The van der Waals surface area contributed by atoms with Crippen LogP contribution in [0.1, 0.15) is 17.0 Å². The Morgan fingerprint density at radius 3 is 2.56 bits per heavy atom. The van der Waals surface area contributed by atoms with Crippen LogP contribution < -0.4 is 4.74 Å². The molecular weight excluding hydrogens is 450 g/mol. The number of hydrogen-bond donors (Lipinski definition) is 1. The highest BCUT2D eigenvalue weighted by Crippen LogP contribution is 2.31. The van der Waals surface area contributed by atoms with Crippen molar-refractivity contribution < 1.29 is 9.15 Å². The molecule has 3 aromatic carbocycles. The predicted octanol–water partition coefficient (Wildman–Crippen LogP) is 5.98. The molecule has 0 amide bonds. The Morgan fingerprint density at radius 2 is 1.71 bits per heavy atom. The number of rotatable bonds is 6. The van der Waals surface area contributed by atoms with Gasteiger partial charge in [0.25, 0.3) is 0 Å². The molecular formula is C26H18ClN5O2. The fourth-order valence-corrected chi connectivity index (χ4v) is 4.00. The molecule has 0 saturated heterocycles. The summed E-state index contributed by atoms with van der Waals surface area (Å²) in [7, 11) is 0. The Kier molecular flexibility index (Phi) is 5.16. The molecule has 0 atom stereocenters. The first kappa shape index (κ1) is 20.4. The Balaban J connectivity index is 1.17. The number of pyridine rings is 1. The van der Waals surface area contributed by atoms with Crippen LogP contribution in [0.3, 0.4) is 0 Å². The monoisotopic (exact) mass is 467 g/mol. The Morgan fingerprint density at radius 1 is 0.853 bits per heavy atom. The quantitative estimate of drug-likeness (QED) is 0.324. The van der Waals surface area contributed by atoms with Crippen LogP contribution in [0.4, 0.5) is 0 Å². The van der Waals surface area contributed by atoms with Crippen molar-refractivity contribution in [1.82, 2.24) is 25.6 Å². The van der Waals surface area contributed by atoms with E-state index in [-0.39, 0.29) is 0 Å². The molecule has 7 nitrogen and oxygen atoms in total. The molecule has 0 aliphatic carbocycles. The molecule has 166 valence electrons. The summed E-state index contributed by atoms with van der Waals surface area (Å²) >= 11 is 6.12. The fraction of sp³-hybridized carbons (Fsp3) is 0.0769. The number of aromatic nitrogens is 5. The van der Waals surface area contributed by atoms with Crippen LogP contribution in [0.2, 0.25) is 5.02 Å². The van der Waals surface area contributed by atoms with Crippen molar-refractivity contribution in [2.45, 2.75) is 13.0 Å². The van der Waals surface area contributed by atoms with Gasteiger partial charge in [0.1, 0.15) is 23.6 Å². The Hall–Kier alpha value is -4.23. The second-order valence-electron chi connectivity index (χ2n) is 7.97. The van der Waals surface area contributed by atoms with E-state index in [0.29, 0.717) is 23.8 Å². The lowest BCUT2D eigenvalue weighted by Crippen LogP contribution is -1.96. The van der Waals surface area contributed by atoms with Gasteiger partial charge in [0, 0.05) is 22.2 Å². The molecule has 0 radical (unpaired) electrons. The van der Waals surface area contributed by atoms with Crippen LogP contribution in [0.25, 0.3) is 33.3 Å². The third-order valence-corrected chi connectivity index (χ3v) is 5.82. The van der Waals surface area contributed by atoms with Gasteiger partial charge < -0.3 is 9.15 Å². The Bertz CT molecular complexity index is 1590. The van der Waals surface area contributed by atoms with E-state index in [0.717, 1.165) is 50.3 Å². The SMILES string of the molecule is Clc1ccc2ccc(-c3cc4cc(OCc5ccc(Cc6nnn[nH]6)cc5)ccc4o3)nc2c1. The zero-order valence-electron chi connectivity index (χ0n) is 17.9. The van der Waals surface area contributed by atoms with Crippen molar-refractivity contribution >= 4 is 33.5 Å². The first-order valence-electron chi connectivity index (χ1n) is 10.7. The van der Waals surface area contributed by atoms with E-state index in [9.17, 15) is 0 Å². The number of aromatic amines is 1. The molecule has 0 unspecified atom stereocenters. The van der Waals surface area contributed by atoms with Crippen molar-refractivity contribution in [2.24, 2.45) is 0 Å². The first-order valence-corrected chi connectivity index (χ1v) is 11.1. The maximum absolute atomic E-state index is 6.12. The minimum Gasteiger partial charge on any atom is -0.489 e. The largest absolute Gasteiger partial charge is 0.489 e. The van der Waals surface area contributed by atoms with Crippen LogP contribution in [-0.2, 0) is 13.0 Å². The van der Waals surface area contributed by atoms with Gasteiger partial charge in [0.05, 0.1) is 5.52 Å². The normalized spacial score (nSPS) is 11.3. The van der Waals surface area contributed by atoms with Crippen LogP contribution in [0.5, 0.6) is 5.75 Å². The van der Waals surface area contributed by atoms with Gasteiger partial charge in [-0.15, -0.1) is 5.10 Å². The number of benzene rings is 3. The Labute approximate surface area is 199 Å². The van der Waals surface area contributed by atoms with E-state index in [4.69, 9.17) is 25.7 Å². The van der Waals surface area contributed by atoms with E-state index in [1.807, 2.05) is 66.7 Å². The van der Waals surface area contributed by atoms with Crippen molar-refractivity contribution in [3.8, 4) is 17.2 Å². The molecule has 0 spiro atoms. The lowest BCUT2D eigenvalue weighted by Gasteiger charge is -2.07. The van der Waals surface area contributed by atoms with Crippen molar-refractivity contribution in [3.63, 3.8) is 0 Å². The molecule has 6 aromatic rings. The van der Waals surface area contributed by atoms with Crippen molar-refractivity contribution in [2.75, 3.05) is 0 Å². The van der Waals surface area contributed by atoms with E-state index in [1.165, 1.54) is 0 Å². The number of nitrogens with zero attached hydrogens (tertiary/aromatic N) is 4. The van der Waals surface area contributed by atoms with E-state index >= 15 is 0 Å². The molecule has 0 bridgehead atoms. The zero-order chi connectivity index (χ0) is 22.9. The second kappa shape index (κ2) is 8.61. The molecule has 0 saturated carbocycles. The summed E-state index contributed by atoms with van der Waals surface area (Å²) in [5, 5.41) is 16.5. The highest BCUT2D eigenvalue weighted by atomic mass is 35.5.